The highest BCUT2D eigenvalue weighted by Gasteiger charge is 2.03. The first-order chi connectivity index (χ1) is 12.2. The molecule has 25 heavy (non-hydrogen) atoms. The van der Waals surface area contributed by atoms with Crippen molar-refractivity contribution in [3.8, 4) is 5.75 Å². The van der Waals surface area contributed by atoms with E-state index in [-0.39, 0.29) is 5.91 Å². The van der Waals surface area contributed by atoms with Gasteiger partial charge in [0, 0.05) is 12.0 Å². The molecule has 0 atom stereocenters. The van der Waals surface area contributed by atoms with Crippen LogP contribution in [-0.4, -0.2) is 18.7 Å². The summed E-state index contributed by atoms with van der Waals surface area (Å²) in [7, 11) is 1.64. The van der Waals surface area contributed by atoms with Crippen LogP contribution in [-0.2, 0) is 4.79 Å². The molecule has 0 bridgehead atoms. The summed E-state index contributed by atoms with van der Waals surface area (Å²) in [5.74, 6) is 0.776. The summed E-state index contributed by atoms with van der Waals surface area (Å²) in [5.41, 5.74) is 4.38. The minimum Gasteiger partial charge on any atom is -0.497 e. The first kappa shape index (κ1) is 21.2. The van der Waals surface area contributed by atoms with E-state index in [0.717, 1.165) is 29.9 Å². The van der Waals surface area contributed by atoms with Gasteiger partial charge in [-0.05, 0) is 25.5 Å². The average Bonchev–Trinajstić information content (AvgIpc) is 2.64. The molecule has 4 nitrogen and oxygen atoms in total. The van der Waals surface area contributed by atoms with E-state index in [2.05, 4.69) is 17.5 Å². The third-order valence-corrected chi connectivity index (χ3v) is 4.34. The SMILES string of the molecule is CCCCCCCCCCCC(=O)NN=C(C)c1cccc(OC)c1. The Morgan fingerprint density at radius 2 is 1.68 bits per heavy atom. The Morgan fingerprint density at radius 3 is 2.32 bits per heavy atom. The molecule has 1 rings (SSSR count). The maximum atomic E-state index is 11.9. The molecule has 140 valence electrons. The van der Waals surface area contributed by atoms with Crippen LogP contribution < -0.4 is 10.2 Å². The highest BCUT2D eigenvalue weighted by molar-refractivity contribution is 5.99. The van der Waals surface area contributed by atoms with E-state index in [0.29, 0.717) is 6.42 Å². The lowest BCUT2D eigenvalue weighted by atomic mass is 10.1. The fourth-order valence-corrected chi connectivity index (χ4v) is 2.71. The molecule has 0 unspecified atom stereocenters. The molecular formula is C21H34N2O2. The number of carbonyl (C=O) groups excluding carboxylic acids is 1. The summed E-state index contributed by atoms with van der Waals surface area (Å²) >= 11 is 0. The van der Waals surface area contributed by atoms with Gasteiger partial charge >= 0.3 is 0 Å². The largest absolute Gasteiger partial charge is 0.497 e. The van der Waals surface area contributed by atoms with Crippen molar-refractivity contribution in [3.05, 3.63) is 29.8 Å². The molecule has 4 heteroatoms. The Hall–Kier alpha value is -1.84. The molecule has 0 aliphatic carbocycles. The number of methoxy groups -OCH3 is 1. The number of hydrazone groups is 1. The Balaban J connectivity index is 2.15. The van der Waals surface area contributed by atoms with Crippen LogP contribution in [0.4, 0.5) is 0 Å². The predicted molar refractivity (Wildman–Crippen MR) is 105 cm³/mol. The summed E-state index contributed by atoms with van der Waals surface area (Å²) in [4.78, 5) is 11.9. The van der Waals surface area contributed by atoms with Crippen molar-refractivity contribution in [2.75, 3.05) is 7.11 Å². The van der Waals surface area contributed by atoms with Gasteiger partial charge in [-0.25, -0.2) is 5.43 Å². The van der Waals surface area contributed by atoms with Crippen molar-refractivity contribution in [2.24, 2.45) is 5.10 Å². The maximum Gasteiger partial charge on any atom is 0.240 e. The zero-order valence-corrected chi connectivity index (χ0v) is 16.1. The first-order valence-electron chi connectivity index (χ1n) is 9.65. The van der Waals surface area contributed by atoms with Gasteiger partial charge in [-0.15, -0.1) is 0 Å². The van der Waals surface area contributed by atoms with E-state index in [4.69, 9.17) is 4.74 Å². The van der Waals surface area contributed by atoms with Crippen LogP contribution in [0, 0.1) is 0 Å². The van der Waals surface area contributed by atoms with E-state index in [1.165, 1.54) is 44.9 Å². The van der Waals surface area contributed by atoms with Gasteiger partial charge in [0.15, 0.2) is 0 Å². The van der Waals surface area contributed by atoms with E-state index in [9.17, 15) is 4.79 Å². The van der Waals surface area contributed by atoms with Gasteiger partial charge < -0.3 is 4.74 Å². The van der Waals surface area contributed by atoms with Crippen molar-refractivity contribution in [3.63, 3.8) is 0 Å². The molecule has 0 spiro atoms. The van der Waals surface area contributed by atoms with Crippen molar-refractivity contribution in [1.29, 1.82) is 0 Å². The van der Waals surface area contributed by atoms with E-state index in [1.54, 1.807) is 7.11 Å². The predicted octanol–water partition coefficient (Wildman–Crippen LogP) is 5.46. The standard InChI is InChI=1S/C21H34N2O2/c1-4-5-6-7-8-9-10-11-12-16-21(24)23-22-18(2)19-14-13-15-20(17-19)25-3/h13-15,17H,4-12,16H2,1-3H3,(H,23,24). The topological polar surface area (TPSA) is 50.7 Å². The molecule has 0 aromatic heterocycles. The molecule has 0 heterocycles. The quantitative estimate of drug-likeness (QED) is 0.293. The van der Waals surface area contributed by atoms with Gasteiger partial charge in [0.1, 0.15) is 5.75 Å². The molecule has 0 aliphatic rings. The van der Waals surface area contributed by atoms with Crippen molar-refractivity contribution in [2.45, 2.75) is 78.1 Å². The van der Waals surface area contributed by atoms with Gasteiger partial charge in [-0.2, -0.15) is 5.10 Å². The molecule has 1 amide bonds. The minimum atomic E-state index is -0.00908. The number of rotatable bonds is 13. The number of hydrogen-bond acceptors (Lipinski definition) is 3. The fourth-order valence-electron chi connectivity index (χ4n) is 2.71. The van der Waals surface area contributed by atoms with Crippen molar-refractivity contribution >= 4 is 11.6 Å². The third-order valence-electron chi connectivity index (χ3n) is 4.34. The molecule has 1 aromatic carbocycles. The summed E-state index contributed by atoms with van der Waals surface area (Å²) < 4.78 is 5.20. The summed E-state index contributed by atoms with van der Waals surface area (Å²) in [6.07, 6.45) is 11.8. The van der Waals surface area contributed by atoms with Crippen LogP contribution in [0.2, 0.25) is 0 Å². The number of nitrogens with one attached hydrogen (secondary N) is 1. The average molecular weight is 347 g/mol. The number of amides is 1. The van der Waals surface area contributed by atoms with E-state index < -0.39 is 0 Å². The van der Waals surface area contributed by atoms with E-state index in [1.807, 2.05) is 31.2 Å². The number of benzene rings is 1. The van der Waals surface area contributed by atoms with Gasteiger partial charge in [-0.3, -0.25) is 4.79 Å². The van der Waals surface area contributed by atoms with Gasteiger partial charge in [0.05, 0.1) is 12.8 Å². The number of hydrogen-bond donors (Lipinski definition) is 1. The summed E-state index contributed by atoms with van der Waals surface area (Å²) in [5, 5.41) is 4.19. The lowest BCUT2D eigenvalue weighted by molar-refractivity contribution is -0.121. The maximum absolute atomic E-state index is 11.9. The van der Waals surface area contributed by atoms with E-state index >= 15 is 0 Å². The first-order valence-corrected chi connectivity index (χ1v) is 9.65. The van der Waals surface area contributed by atoms with Gasteiger partial charge in [-0.1, -0.05) is 70.4 Å². The van der Waals surface area contributed by atoms with Crippen LogP contribution >= 0.6 is 0 Å². The van der Waals surface area contributed by atoms with Crippen LogP contribution in [0.3, 0.4) is 0 Å². The lowest BCUT2D eigenvalue weighted by Crippen LogP contribution is -2.18. The molecule has 0 saturated heterocycles. The molecule has 0 fully saturated rings. The normalized spacial score (nSPS) is 11.4. The molecule has 0 saturated carbocycles. The van der Waals surface area contributed by atoms with Gasteiger partial charge in [0.25, 0.3) is 0 Å². The Morgan fingerprint density at radius 1 is 1.04 bits per heavy atom. The second-order valence-corrected chi connectivity index (χ2v) is 6.54. The lowest BCUT2D eigenvalue weighted by Gasteiger charge is -2.05. The number of ether oxygens (including phenoxy) is 1. The smallest absolute Gasteiger partial charge is 0.240 e. The number of nitrogens with zero attached hydrogens (tertiary/aromatic N) is 1. The molecule has 1 aromatic rings. The van der Waals surface area contributed by atoms with Crippen LogP contribution in [0.25, 0.3) is 0 Å². The second kappa shape index (κ2) is 13.5. The summed E-state index contributed by atoms with van der Waals surface area (Å²) in [6, 6.07) is 7.66. The van der Waals surface area contributed by atoms with Crippen LogP contribution in [0.1, 0.15) is 83.6 Å². The van der Waals surface area contributed by atoms with Crippen LogP contribution in [0.15, 0.2) is 29.4 Å². The van der Waals surface area contributed by atoms with Crippen molar-refractivity contribution in [1.82, 2.24) is 5.43 Å². The zero-order chi connectivity index (χ0) is 18.3. The molecule has 0 aliphatic heterocycles. The highest BCUT2D eigenvalue weighted by Crippen LogP contribution is 2.13. The number of unbranched alkanes of at least 4 members (excludes halogenated alkanes) is 8. The second-order valence-electron chi connectivity index (χ2n) is 6.54. The minimum absolute atomic E-state index is 0.00908. The zero-order valence-electron chi connectivity index (χ0n) is 16.1. The Bertz CT molecular complexity index is 526. The molecule has 0 radical (unpaired) electrons. The highest BCUT2D eigenvalue weighted by atomic mass is 16.5. The summed E-state index contributed by atoms with van der Waals surface area (Å²) in [6.45, 7) is 4.13. The van der Waals surface area contributed by atoms with Gasteiger partial charge in [0.2, 0.25) is 5.91 Å². The molecule has 1 N–H and O–H groups in total. The van der Waals surface area contributed by atoms with Crippen molar-refractivity contribution < 1.29 is 9.53 Å². The third kappa shape index (κ3) is 9.90. The Kier molecular flexibility index (Phi) is 11.4. The fraction of sp³-hybridized carbons (Fsp3) is 0.619. The van der Waals surface area contributed by atoms with Crippen LogP contribution in [0.5, 0.6) is 5.75 Å². The number of carbonyl (C=O) groups is 1. The Labute approximate surface area is 153 Å². The molecular weight excluding hydrogens is 312 g/mol. The monoisotopic (exact) mass is 346 g/mol.